The fourth-order valence-electron chi connectivity index (χ4n) is 4.42. The van der Waals surface area contributed by atoms with Crippen LogP contribution in [0.5, 0.6) is 5.75 Å². The molecule has 1 N–H and O–H groups in total. The Morgan fingerprint density at radius 1 is 0.829 bits per heavy atom. The number of fused-ring (bicyclic) bond motifs is 1. The Labute approximate surface area is 205 Å². The van der Waals surface area contributed by atoms with Crippen molar-refractivity contribution >= 4 is 23.2 Å². The van der Waals surface area contributed by atoms with Gasteiger partial charge in [0.1, 0.15) is 5.75 Å². The van der Waals surface area contributed by atoms with Gasteiger partial charge in [0, 0.05) is 24.1 Å². The van der Waals surface area contributed by atoms with Crippen LogP contribution in [0.2, 0.25) is 0 Å². The van der Waals surface area contributed by atoms with Crippen molar-refractivity contribution in [3.05, 3.63) is 126 Å². The minimum Gasteiger partial charge on any atom is -0.481 e. The molecule has 0 unspecified atom stereocenters. The van der Waals surface area contributed by atoms with Gasteiger partial charge in [-0.1, -0.05) is 91.0 Å². The number of nitrogens with zero attached hydrogens (tertiary/aromatic N) is 1. The van der Waals surface area contributed by atoms with Gasteiger partial charge in [-0.3, -0.25) is 9.59 Å². The third-order valence-corrected chi connectivity index (χ3v) is 6.16. The summed E-state index contributed by atoms with van der Waals surface area (Å²) in [5.41, 5.74) is 4.58. The molecule has 0 saturated carbocycles. The lowest BCUT2D eigenvalue weighted by Gasteiger charge is -2.30. The number of carbonyl (C=O) groups is 2. The molecule has 5 nitrogen and oxygen atoms in total. The predicted molar refractivity (Wildman–Crippen MR) is 138 cm³/mol. The Balaban J connectivity index is 1.33. The maximum Gasteiger partial charge on any atom is 0.265 e. The molecule has 0 bridgehead atoms. The normalized spacial score (nSPS) is 12.7. The number of rotatable bonds is 7. The summed E-state index contributed by atoms with van der Waals surface area (Å²) in [7, 11) is 0. The molecule has 0 atom stereocenters. The van der Waals surface area contributed by atoms with E-state index in [9.17, 15) is 9.59 Å². The summed E-state index contributed by atoms with van der Waals surface area (Å²) in [6, 6.07) is 35.4. The Kier molecular flexibility index (Phi) is 6.57. The Morgan fingerprint density at radius 2 is 1.43 bits per heavy atom. The van der Waals surface area contributed by atoms with E-state index < -0.39 is 0 Å². The first-order valence-corrected chi connectivity index (χ1v) is 11.7. The highest BCUT2D eigenvalue weighted by molar-refractivity contribution is 5.99. The van der Waals surface area contributed by atoms with Gasteiger partial charge in [-0.2, -0.15) is 0 Å². The average molecular weight is 463 g/mol. The molecule has 1 aliphatic heterocycles. The minimum absolute atomic E-state index is 0.0265. The second-order valence-electron chi connectivity index (χ2n) is 8.56. The van der Waals surface area contributed by atoms with Crippen molar-refractivity contribution in [2.45, 2.75) is 18.9 Å². The molecule has 0 saturated heterocycles. The van der Waals surface area contributed by atoms with Crippen molar-refractivity contribution < 1.29 is 14.3 Å². The summed E-state index contributed by atoms with van der Waals surface area (Å²) < 4.78 is 5.70. The Bertz CT molecular complexity index is 1270. The second-order valence-corrected chi connectivity index (χ2v) is 8.56. The van der Waals surface area contributed by atoms with Crippen LogP contribution in [0.4, 0.5) is 11.4 Å². The van der Waals surface area contributed by atoms with Gasteiger partial charge in [0.25, 0.3) is 5.91 Å². The highest BCUT2D eigenvalue weighted by Gasteiger charge is 2.26. The topological polar surface area (TPSA) is 58.6 Å². The molecule has 174 valence electrons. The van der Waals surface area contributed by atoms with E-state index >= 15 is 0 Å². The zero-order valence-electron chi connectivity index (χ0n) is 19.3. The van der Waals surface area contributed by atoms with Crippen molar-refractivity contribution in [2.75, 3.05) is 16.8 Å². The zero-order chi connectivity index (χ0) is 24.0. The van der Waals surface area contributed by atoms with Crippen LogP contribution in [0, 0.1) is 0 Å². The van der Waals surface area contributed by atoms with E-state index in [1.807, 2.05) is 78.9 Å². The molecule has 5 heteroatoms. The first-order valence-electron chi connectivity index (χ1n) is 11.7. The molecule has 0 fully saturated rings. The zero-order valence-corrected chi connectivity index (χ0v) is 19.3. The number of carbonyl (C=O) groups excluding carboxylic acids is 2. The Hall–Kier alpha value is -4.38. The molecular formula is C30H26N2O3. The van der Waals surface area contributed by atoms with Crippen molar-refractivity contribution in [2.24, 2.45) is 0 Å². The fraction of sp³-hybridized carbons (Fsp3) is 0.133. The molecule has 4 aromatic rings. The molecule has 1 heterocycles. The van der Waals surface area contributed by atoms with E-state index in [0.717, 1.165) is 16.7 Å². The van der Waals surface area contributed by atoms with E-state index in [-0.39, 0.29) is 24.3 Å². The summed E-state index contributed by atoms with van der Waals surface area (Å²) >= 11 is 0. The van der Waals surface area contributed by atoms with E-state index in [0.29, 0.717) is 30.1 Å². The minimum atomic E-state index is -0.0910. The van der Waals surface area contributed by atoms with Gasteiger partial charge in [0.15, 0.2) is 6.61 Å². The van der Waals surface area contributed by atoms with Gasteiger partial charge >= 0.3 is 0 Å². The predicted octanol–water partition coefficient (Wildman–Crippen LogP) is 5.77. The van der Waals surface area contributed by atoms with Gasteiger partial charge in [0.05, 0.1) is 12.2 Å². The SMILES string of the molecule is O=C(CC(c1ccccc1)c1ccccc1)Nc1ccc2c(c1)OCC(=O)N2Cc1ccccc1. The lowest BCUT2D eigenvalue weighted by molar-refractivity contribution is -0.121. The average Bonchev–Trinajstić information content (AvgIpc) is 2.90. The van der Waals surface area contributed by atoms with Crippen LogP contribution >= 0.6 is 0 Å². The maximum absolute atomic E-state index is 13.1. The molecule has 4 aromatic carbocycles. The molecule has 0 aromatic heterocycles. The second kappa shape index (κ2) is 10.3. The molecule has 35 heavy (non-hydrogen) atoms. The van der Waals surface area contributed by atoms with Gasteiger partial charge < -0.3 is 15.0 Å². The smallest absolute Gasteiger partial charge is 0.265 e. The molecule has 0 radical (unpaired) electrons. The van der Waals surface area contributed by atoms with Gasteiger partial charge in [-0.25, -0.2) is 0 Å². The van der Waals surface area contributed by atoms with E-state index in [1.54, 1.807) is 11.0 Å². The van der Waals surface area contributed by atoms with Crippen LogP contribution in [0.1, 0.15) is 29.0 Å². The molecule has 2 amide bonds. The van der Waals surface area contributed by atoms with Crippen LogP contribution in [0.15, 0.2) is 109 Å². The number of hydrogen-bond donors (Lipinski definition) is 1. The van der Waals surface area contributed by atoms with Crippen LogP contribution in [-0.2, 0) is 16.1 Å². The van der Waals surface area contributed by atoms with Gasteiger partial charge in [-0.05, 0) is 28.8 Å². The molecular weight excluding hydrogens is 436 g/mol. The van der Waals surface area contributed by atoms with Crippen LogP contribution < -0.4 is 15.0 Å². The van der Waals surface area contributed by atoms with Gasteiger partial charge in [-0.15, -0.1) is 0 Å². The highest BCUT2D eigenvalue weighted by Crippen LogP contribution is 2.36. The summed E-state index contributed by atoms with van der Waals surface area (Å²) in [5, 5.41) is 3.02. The molecule has 5 rings (SSSR count). The lowest BCUT2D eigenvalue weighted by atomic mass is 9.88. The largest absolute Gasteiger partial charge is 0.481 e. The van der Waals surface area contributed by atoms with E-state index in [1.165, 1.54) is 0 Å². The first-order chi connectivity index (χ1) is 17.2. The third-order valence-electron chi connectivity index (χ3n) is 6.16. The monoisotopic (exact) mass is 462 g/mol. The van der Waals surface area contributed by atoms with Gasteiger partial charge in [0.2, 0.25) is 5.91 Å². The molecule has 0 spiro atoms. The number of amides is 2. The highest BCUT2D eigenvalue weighted by atomic mass is 16.5. The number of benzene rings is 4. The van der Waals surface area contributed by atoms with E-state index in [4.69, 9.17) is 4.74 Å². The molecule has 1 aliphatic rings. The summed E-state index contributed by atoms with van der Waals surface area (Å²) in [6.45, 7) is 0.443. The summed E-state index contributed by atoms with van der Waals surface area (Å²) in [6.07, 6.45) is 0.310. The number of hydrogen-bond acceptors (Lipinski definition) is 3. The van der Waals surface area contributed by atoms with Crippen LogP contribution in [-0.4, -0.2) is 18.4 Å². The molecule has 0 aliphatic carbocycles. The van der Waals surface area contributed by atoms with E-state index in [2.05, 4.69) is 29.6 Å². The van der Waals surface area contributed by atoms with Crippen molar-refractivity contribution in [1.82, 2.24) is 0 Å². The maximum atomic E-state index is 13.1. The standard InChI is InChI=1S/C30H26N2O3/c33-29(19-26(23-12-6-2-7-13-23)24-14-8-3-9-15-24)31-25-16-17-27-28(18-25)35-21-30(34)32(27)20-22-10-4-1-5-11-22/h1-18,26H,19-21H2,(H,31,33). The number of ether oxygens (including phenoxy) is 1. The quantitative estimate of drug-likeness (QED) is 0.379. The van der Waals surface area contributed by atoms with Crippen molar-refractivity contribution in [3.63, 3.8) is 0 Å². The van der Waals surface area contributed by atoms with Crippen molar-refractivity contribution in [3.8, 4) is 5.75 Å². The fourth-order valence-corrected chi connectivity index (χ4v) is 4.42. The Morgan fingerprint density at radius 3 is 2.06 bits per heavy atom. The lowest BCUT2D eigenvalue weighted by Crippen LogP contribution is -2.38. The number of nitrogens with one attached hydrogen (secondary N) is 1. The van der Waals surface area contributed by atoms with Crippen LogP contribution in [0.25, 0.3) is 0 Å². The van der Waals surface area contributed by atoms with Crippen LogP contribution in [0.3, 0.4) is 0 Å². The number of anilines is 2. The first kappa shape index (κ1) is 22.4. The summed E-state index contributed by atoms with van der Waals surface area (Å²) in [4.78, 5) is 27.3. The van der Waals surface area contributed by atoms with Crippen molar-refractivity contribution in [1.29, 1.82) is 0 Å². The summed E-state index contributed by atoms with van der Waals surface area (Å²) in [5.74, 6) is 0.355. The third kappa shape index (κ3) is 5.25.